The molecule has 1 atom stereocenters. The molecular weight excluding hydrogens is 234 g/mol. The summed E-state index contributed by atoms with van der Waals surface area (Å²) in [7, 11) is 0. The van der Waals surface area contributed by atoms with Crippen molar-refractivity contribution < 1.29 is 14.3 Å². The molecule has 0 spiro atoms. The van der Waals surface area contributed by atoms with E-state index in [9.17, 15) is 4.79 Å². The Morgan fingerprint density at radius 2 is 2.22 bits per heavy atom. The van der Waals surface area contributed by atoms with Gasteiger partial charge in [0, 0.05) is 0 Å². The molecule has 0 aliphatic carbocycles. The first-order chi connectivity index (χ1) is 8.56. The zero-order chi connectivity index (χ0) is 13.1. The Bertz CT molecular complexity index is 565. The normalized spacial score (nSPS) is 12.1. The largest absolute Gasteiger partial charge is 0.476 e. The summed E-state index contributed by atoms with van der Waals surface area (Å²) < 4.78 is 5.47. The van der Waals surface area contributed by atoms with Crippen LogP contribution in [0.4, 0.5) is 5.82 Å². The molecule has 1 unspecified atom stereocenters. The summed E-state index contributed by atoms with van der Waals surface area (Å²) in [6.45, 7) is 3.76. The SMILES string of the molecule is Cc1ccc(C(C)Nc2cncc(C(=O)O)n2)o1. The molecule has 18 heavy (non-hydrogen) atoms. The third-order valence-electron chi connectivity index (χ3n) is 2.41. The van der Waals surface area contributed by atoms with Gasteiger partial charge in [-0.1, -0.05) is 0 Å². The second-order valence-electron chi connectivity index (χ2n) is 3.91. The molecular formula is C12H13N3O3. The average Bonchev–Trinajstić information content (AvgIpc) is 2.76. The second kappa shape index (κ2) is 4.87. The molecule has 0 bridgehead atoms. The fourth-order valence-corrected chi connectivity index (χ4v) is 1.52. The van der Waals surface area contributed by atoms with Crippen LogP contribution in [0.15, 0.2) is 28.9 Å². The van der Waals surface area contributed by atoms with E-state index >= 15 is 0 Å². The van der Waals surface area contributed by atoms with Crippen LogP contribution in [0.25, 0.3) is 0 Å². The molecule has 0 aromatic carbocycles. The Balaban J connectivity index is 2.14. The van der Waals surface area contributed by atoms with Gasteiger partial charge in [0.15, 0.2) is 5.69 Å². The molecule has 2 heterocycles. The third-order valence-corrected chi connectivity index (χ3v) is 2.41. The molecule has 2 aromatic rings. The number of furan rings is 1. The predicted octanol–water partition coefficient (Wildman–Crippen LogP) is 2.25. The number of hydrogen-bond donors (Lipinski definition) is 2. The fraction of sp³-hybridized carbons (Fsp3) is 0.250. The molecule has 0 saturated heterocycles. The summed E-state index contributed by atoms with van der Waals surface area (Å²) >= 11 is 0. The Hall–Kier alpha value is -2.37. The minimum absolute atomic E-state index is 0.0946. The van der Waals surface area contributed by atoms with Gasteiger partial charge < -0.3 is 14.8 Å². The Kier molecular flexibility index (Phi) is 3.27. The molecule has 0 radical (unpaired) electrons. The van der Waals surface area contributed by atoms with E-state index in [4.69, 9.17) is 9.52 Å². The van der Waals surface area contributed by atoms with Gasteiger partial charge in [-0.25, -0.2) is 9.78 Å². The van der Waals surface area contributed by atoms with E-state index in [2.05, 4.69) is 15.3 Å². The summed E-state index contributed by atoms with van der Waals surface area (Å²) in [6.07, 6.45) is 2.67. The van der Waals surface area contributed by atoms with Crippen molar-refractivity contribution in [3.05, 3.63) is 41.7 Å². The number of aryl methyl sites for hydroxylation is 1. The van der Waals surface area contributed by atoms with Crippen LogP contribution in [0.5, 0.6) is 0 Å². The monoisotopic (exact) mass is 247 g/mol. The number of nitrogens with zero attached hydrogens (tertiary/aromatic N) is 2. The smallest absolute Gasteiger partial charge is 0.356 e. The molecule has 2 N–H and O–H groups in total. The minimum atomic E-state index is -1.10. The van der Waals surface area contributed by atoms with Gasteiger partial charge in [0.1, 0.15) is 17.3 Å². The summed E-state index contributed by atoms with van der Waals surface area (Å²) in [5.41, 5.74) is -0.0946. The first-order valence-corrected chi connectivity index (χ1v) is 5.44. The highest BCUT2D eigenvalue weighted by molar-refractivity contribution is 5.85. The predicted molar refractivity (Wildman–Crippen MR) is 64.5 cm³/mol. The van der Waals surface area contributed by atoms with Crippen molar-refractivity contribution in [2.24, 2.45) is 0 Å². The summed E-state index contributed by atoms with van der Waals surface area (Å²) in [5, 5.41) is 11.9. The Morgan fingerprint density at radius 3 is 2.83 bits per heavy atom. The number of nitrogens with one attached hydrogen (secondary N) is 1. The Labute approximate surface area is 104 Å². The van der Waals surface area contributed by atoms with Crippen LogP contribution in [0.2, 0.25) is 0 Å². The van der Waals surface area contributed by atoms with Crippen LogP contribution in [-0.2, 0) is 0 Å². The van der Waals surface area contributed by atoms with Crippen LogP contribution in [-0.4, -0.2) is 21.0 Å². The highest BCUT2D eigenvalue weighted by Crippen LogP contribution is 2.19. The van der Waals surface area contributed by atoms with Crippen LogP contribution in [0.1, 0.15) is 35.0 Å². The Morgan fingerprint density at radius 1 is 1.44 bits per heavy atom. The number of anilines is 1. The quantitative estimate of drug-likeness (QED) is 0.861. The lowest BCUT2D eigenvalue weighted by Crippen LogP contribution is -2.10. The van der Waals surface area contributed by atoms with Gasteiger partial charge in [-0.3, -0.25) is 4.98 Å². The average molecular weight is 247 g/mol. The zero-order valence-corrected chi connectivity index (χ0v) is 10.0. The molecule has 0 aliphatic heterocycles. The lowest BCUT2D eigenvalue weighted by atomic mass is 10.2. The topological polar surface area (TPSA) is 88.2 Å². The van der Waals surface area contributed by atoms with E-state index in [1.807, 2.05) is 26.0 Å². The summed E-state index contributed by atoms with van der Waals surface area (Å²) in [6, 6.07) is 3.62. The second-order valence-corrected chi connectivity index (χ2v) is 3.91. The minimum Gasteiger partial charge on any atom is -0.476 e. The molecule has 0 aliphatic rings. The highest BCUT2D eigenvalue weighted by atomic mass is 16.4. The van der Waals surface area contributed by atoms with Crippen molar-refractivity contribution in [2.45, 2.75) is 19.9 Å². The lowest BCUT2D eigenvalue weighted by Gasteiger charge is -2.11. The maximum absolute atomic E-state index is 10.8. The van der Waals surface area contributed by atoms with Gasteiger partial charge in [0.2, 0.25) is 0 Å². The number of carbonyl (C=O) groups is 1. The van der Waals surface area contributed by atoms with Crippen molar-refractivity contribution in [1.82, 2.24) is 9.97 Å². The van der Waals surface area contributed by atoms with E-state index in [0.717, 1.165) is 11.5 Å². The fourth-order valence-electron chi connectivity index (χ4n) is 1.52. The van der Waals surface area contributed by atoms with Crippen molar-refractivity contribution in [2.75, 3.05) is 5.32 Å². The summed E-state index contributed by atoms with van der Waals surface area (Å²) in [4.78, 5) is 18.5. The van der Waals surface area contributed by atoms with Crippen LogP contribution in [0.3, 0.4) is 0 Å². The van der Waals surface area contributed by atoms with Crippen LogP contribution in [0, 0.1) is 6.92 Å². The van der Waals surface area contributed by atoms with Crippen molar-refractivity contribution in [3.63, 3.8) is 0 Å². The number of carboxylic acid groups (broad SMARTS) is 1. The van der Waals surface area contributed by atoms with E-state index in [0.29, 0.717) is 5.82 Å². The van der Waals surface area contributed by atoms with E-state index < -0.39 is 5.97 Å². The maximum Gasteiger partial charge on any atom is 0.356 e. The number of rotatable bonds is 4. The molecule has 6 nitrogen and oxygen atoms in total. The van der Waals surface area contributed by atoms with Crippen LogP contribution >= 0.6 is 0 Å². The van der Waals surface area contributed by atoms with Crippen molar-refractivity contribution in [3.8, 4) is 0 Å². The van der Waals surface area contributed by atoms with E-state index in [1.54, 1.807) is 0 Å². The van der Waals surface area contributed by atoms with Gasteiger partial charge >= 0.3 is 5.97 Å². The van der Waals surface area contributed by atoms with Crippen LogP contribution < -0.4 is 5.32 Å². The van der Waals surface area contributed by atoms with E-state index in [1.165, 1.54) is 12.4 Å². The zero-order valence-electron chi connectivity index (χ0n) is 10.0. The van der Waals surface area contributed by atoms with Gasteiger partial charge in [0.05, 0.1) is 18.4 Å². The summed E-state index contributed by atoms with van der Waals surface area (Å²) in [5.74, 6) is 0.878. The number of aromatic nitrogens is 2. The van der Waals surface area contributed by atoms with Gasteiger partial charge in [0.25, 0.3) is 0 Å². The van der Waals surface area contributed by atoms with Crippen molar-refractivity contribution in [1.29, 1.82) is 0 Å². The third kappa shape index (κ3) is 2.65. The van der Waals surface area contributed by atoms with Crippen molar-refractivity contribution >= 4 is 11.8 Å². The molecule has 0 saturated carbocycles. The molecule has 2 aromatic heterocycles. The van der Waals surface area contributed by atoms with Gasteiger partial charge in [-0.05, 0) is 26.0 Å². The van der Waals surface area contributed by atoms with E-state index in [-0.39, 0.29) is 11.7 Å². The molecule has 2 rings (SSSR count). The molecule has 94 valence electrons. The van der Waals surface area contributed by atoms with Gasteiger partial charge in [-0.2, -0.15) is 0 Å². The molecule has 6 heteroatoms. The molecule has 0 fully saturated rings. The first-order valence-electron chi connectivity index (χ1n) is 5.44. The number of hydrogen-bond acceptors (Lipinski definition) is 5. The van der Waals surface area contributed by atoms with Gasteiger partial charge in [-0.15, -0.1) is 0 Å². The molecule has 0 amide bonds. The number of carboxylic acids is 1. The highest BCUT2D eigenvalue weighted by Gasteiger charge is 2.12. The number of aromatic carboxylic acids is 1. The maximum atomic E-state index is 10.8. The lowest BCUT2D eigenvalue weighted by molar-refractivity contribution is 0.0690. The standard InChI is InChI=1S/C12H13N3O3/c1-7-3-4-10(18-7)8(2)14-11-6-13-5-9(15-11)12(16)17/h3-6,8H,1-2H3,(H,14,15)(H,16,17). The first kappa shape index (κ1) is 12.1.